The monoisotopic (exact) mass is 267 g/mol. The first-order valence-electron chi connectivity index (χ1n) is 7.53. The van der Waals surface area contributed by atoms with Crippen molar-refractivity contribution in [1.29, 1.82) is 0 Å². The molecule has 2 rings (SSSR count). The highest BCUT2D eigenvalue weighted by Gasteiger charge is 2.40. The van der Waals surface area contributed by atoms with Crippen molar-refractivity contribution in [3.8, 4) is 0 Å². The van der Waals surface area contributed by atoms with Gasteiger partial charge in [-0.1, -0.05) is 19.8 Å². The molecular formula is C15H25NO3. The summed E-state index contributed by atoms with van der Waals surface area (Å²) in [6.07, 6.45) is 5.87. The number of ether oxygens (including phenoxy) is 1. The number of carbonyl (C=O) groups excluding carboxylic acids is 2. The minimum Gasteiger partial charge on any atom is -0.466 e. The minimum absolute atomic E-state index is 0.0135. The Morgan fingerprint density at radius 2 is 1.79 bits per heavy atom. The van der Waals surface area contributed by atoms with Crippen LogP contribution in [0.4, 0.5) is 0 Å². The SMILES string of the molecule is CCOC(=O)C1CCN(C(=O)C2(C)CCCC2)CC1. The van der Waals surface area contributed by atoms with Crippen LogP contribution < -0.4 is 0 Å². The quantitative estimate of drug-likeness (QED) is 0.737. The molecule has 1 aliphatic heterocycles. The molecule has 0 aromatic carbocycles. The van der Waals surface area contributed by atoms with Crippen LogP contribution in [0.5, 0.6) is 0 Å². The van der Waals surface area contributed by atoms with Gasteiger partial charge in [-0.25, -0.2) is 0 Å². The lowest BCUT2D eigenvalue weighted by Gasteiger charge is -2.36. The van der Waals surface area contributed by atoms with Gasteiger partial charge in [-0.15, -0.1) is 0 Å². The Balaban J connectivity index is 1.86. The van der Waals surface area contributed by atoms with Crippen molar-refractivity contribution in [3.05, 3.63) is 0 Å². The van der Waals surface area contributed by atoms with E-state index in [2.05, 4.69) is 6.92 Å². The van der Waals surface area contributed by atoms with E-state index in [1.165, 1.54) is 12.8 Å². The van der Waals surface area contributed by atoms with Gasteiger partial charge in [0.1, 0.15) is 0 Å². The number of hydrogen-bond acceptors (Lipinski definition) is 3. The summed E-state index contributed by atoms with van der Waals surface area (Å²) in [6.45, 7) is 5.78. The second-order valence-electron chi connectivity index (χ2n) is 6.09. The Morgan fingerprint density at radius 1 is 1.21 bits per heavy atom. The summed E-state index contributed by atoms with van der Waals surface area (Å²) in [5, 5.41) is 0. The molecular weight excluding hydrogens is 242 g/mol. The third-order valence-corrected chi connectivity index (χ3v) is 4.63. The maximum Gasteiger partial charge on any atom is 0.309 e. The first-order valence-corrected chi connectivity index (χ1v) is 7.53. The van der Waals surface area contributed by atoms with Crippen LogP contribution in [0, 0.1) is 11.3 Å². The van der Waals surface area contributed by atoms with Gasteiger partial charge in [0.15, 0.2) is 0 Å². The maximum absolute atomic E-state index is 12.5. The number of amides is 1. The second-order valence-corrected chi connectivity index (χ2v) is 6.09. The van der Waals surface area contributed by atoms with Gasteiger partial charge in [-0.2, -0.15) is 0 Å². The zero-order valence-corrected chi connectivity index (χ0v) is 12.1. The molecule has 0 unspecified atom stereocenters. The van der Waals surface area contributed by atoms with Crippen LogP contribution in [0.15, 0.2) is 0 Å². The summed E-state index contributed by atoms with van der Waals surface area (Å²) in [7, 11) is 0. The summed E-state index contributed by atoms with van der Waals surface area (Å²) in [5.74, 6) is 0.189. The van der Waals surface area contributed by atoms with Gasteiger partial charge in [0.2, 0.25) is 5.91 Å². The highest BCUT2D eigenvalue weighted by Crippen LogP contribution is 2.39. The largest absolute Gasteiger partial charge is 0.466 e. The number of nitrogens with zero attached hydrogens (tertiary/aromatic N) is 1. The molecule has 108 valence electrons. The summed E-state index contributed by atoms with van der Waals surface area (Å²) < 4.78 is 5.05. The predicted octanol–water partition coefficient (Wildman–Crippen LogP) is 2.37. The molecule has 0 aromatic heterocycles. The van der Waals surface area contributed by atoms with Crippen LogP contribution in [-0.4, -0.2) is 36.5 Å². The van der Waals surface area contributed by atoms with E-state index in [9.17, 15) is 9.59 Å². The van der Waals surface area contributed by atoms with Gasteiger partial charge >= 0.3 is 5.97 Å². The van der Waals surface area contributed by atoms with E-state index >= 15 is 0 Å². The fourth-order valence-corrected chi connectivity index (χ4v) is 3.33. The van der Waals surface area contributed by atoms with E-state index in [0.29, 0.717) is 25.6 Å². The van der Waals surface area contributed by atoms with E-state index < -0.39 is 0 Å². The van der Waals surface area contributed by atoms with Gasteiger partial charge in [0, 0.05) is 18.5 Å². The summed E-state index contributed by atoms with van der Waals surface area (Å²) >= 11 is 0. The lowest BCUT2D eigenvalue weighted by molar-refractivity contribution is -0.153. The van der Waals surface area contributed by atoms with Crippen molar-refractivity contribution in [2.24, 2.45) is 11.3 Å². The van der Waals surface area contributed by atoms with Crippen LogP contribution in [0.3, 0.4) is 0 Å². The number of esters is 1. The molecule has 4 nitrogen and oxygen atoms in total. The van der Waals surface area contributed by atoms with Crippen molar-refractivity contribution in [2.75, 3.05) is 19.7 Å². The molecule has 1 amide bonds. The third kappa shape index (κ3) is 3.10. The second kappa shape index (κ2) is 5.93. The summed E-state index contributed by atoms with van der Waals surface area (Å²) in [4.78, 5) is 26.2. The Morgan fingerprint density at radius 3 is 2.32 bits per heavy atom. The molecule has 1 aliphatic carbocycles. The predicted molar refractivity (Wildman–Crippen MR) is 72.5 cm³/mol. The minimum atomic E-state index is -0.142. The van der Waals surface area contributed by atoms with Crippen molar-refractivity contribution in [3.63, 3.8) is 0 Å². The van der Waals surface area contributed by atoms with E-state index in [0.717, 1.165) is 25.7 Å². The number of carbonyl (C=O) groups is 2. The molecule has 1 heterocycles. The molecule has 1 saturated heterocycles. The van der Waals surface area contributed by atoms with Gasteiger partial charge in [-0.05, 0) is 32.6 Å². The molecule has 0 N–H and O–H groups in total. The first kappa shape index (κ1) is 14.4. The Hall–Kier alpha value is -1.06. The standard InChI is InChI=1S/C15H25NO3/c1-3-19-13(17)12-6-10-16(11-7-12)14(18)15(2)8-4-5-9-15/h12H,3-11H2,1-2H3. The molecule has 0 atom stereocenters. The first-order chi connectivity index (χ1) is 9.07. The number of rotatable bonds is 3. The van der Waals surface area contributed by atoms with Gasteiger partial charge in [-0.3, -0.25) is 9.59 Å². The normalized spacial score (nSPS) is 23.4. The highest BCUT2D eigenvalue weighted by atomic mass is 16.5. The fourth-order valence-electron chi connectivity index (χ4n) is 3.33. The van der Waals surface area contributed by atoms with E-state index in [1.807, 2.05) is 11.8 Å². The van der Waals surface area contributed by atoms with Crippen molar-refractivity contribution in [1.82, 2.24) is 4.90 Å². The molecule has 4 heteroatoms. The fraction of sp³-hybridized carbons (Fsp3) is 0.867. The molecule has 2 fully saturated rings. The smallest absolute Gasteiger partial charge is 0.309 e. The number of likely N-dealkylation sites (tertiary alicyclic amines) is 1. The topological polar surface area (TPSA) is 46.6 Å². The summed E-state index contributed by atoms with van der Waals surface area (Å²) in [6, 6.07) is 0. The Bertz CT molecular complexity index is 339. The van der Waals surface area contributed by atoms with Gasteiger partial charge < -0.3 is 9.64 Å². The van der Waals surface area contributed by atoms with E-state index in [4.69, 9.17) is 4.74 Å². The molecule has 0 aromatic rings. The molecule has 0 radical (unpaired) electrons. The van der Waals surface area contributed by atoms with E-state index in [1.54, 1.807) is 0 Å². The maximum atomic E-state index is 12.5. The number of hydrogen-bond donors (Lipinski definition) is 0. The summed E-state index contributed by atoms with van der Waals surface area (Å²) in [5.41, 5.74) is -0.142. The van der Waals surface area contributed by atoms with Crippen LogP contribution in [-0.2, 0) is 14.3 Å². The van der Waals surface area contributed by atoms with E-state index in [-0.39, 0.29) is 17.3 Å². The van der Waals surface area contributed by atoms with Gasteiger partial charge in [0.25, 0.3) is 0 Å². The molecule has 0 bridgehead atoms. The van der Waals surface area contributed by atoms with Crippen molar-refractivity contribution >= 4 is 11.9 Å². The van der Waals surface area contributed by atoms with Gasteiger partial charge in [0.05, 0.1) is 12.5 Å². The van der Waals surface area contributed by atoms with Crippen LogP contribution >= 0.6 is 0 Å². The molecule has 1 saturated carbocycles. The third-order valence-electron chi connectivity index (χ3n) is 4.63. The Kier molecular flexibility index (Phi) is 4.48. The lowest BCUT2D eigenvalue weighted by atomic mass is 9.85. The average molecular weight is 267 g/mol. The Labute approximate surface area is 115 Å². The van der Waals surface area contributed by atoms with Crippen LogP contribution in [0.25, 0.3) is 0 Å². The van der Waals surface area contributed by atoms with Crippen molar-refractivity contribution in [2.45, 2.75) is 52.4 Å². The van der Waals surface area contributed by atoms with Crippen LogP contribution in [0.2, 0.25) is 0 Å². The molecule has 0 spiro atoms. The lowest BCUT2D eigenvalue weighted by Crippen LogP contribution is -2.46. The van der Waals surface area contributed by atoms with Crippen molar-refractivity contribution < 1.29 is 14.3 Å². The zero-order chi connectivity index (χ0) is 13.9. The highest BCUT2D eigenvalue weighted by molar-refractivity contribution is 5.83. The molecule has 2 aliphatic rings. The van der Waals surface area contributed by atoms with Crippen LogP contribution in [0.1, 0.15) is 52.4 Å². The number of piperidine rings is 1. The average Bonchev–Trinajstić information content (AvgIpc) is 2.86. The molecule has 19 heavy (non-hydrogen) atoms. The zero-order valence-electron chi connectivity index (χ0n) is 12.1.